The van der Waals surface area contributed by atoms with Crippen molar-refractivity contribution >= 4 is 40.4 Å². The first-order valence-electron chi connectivity index (χ1n) is 4.85. The summed E-state index contributed by atoms with van der Waals surface area (Å²) < 4.78 is 0. The van der Waals surface area contributed by atoms with E-state index in [2.05, 4.69) is 10.3 Å². The molecule has 1 amide bonds. The van der Waals surface area contributed by atoms with Gasteiger partial charge in [-0.15, -0.1) is 11.3 Å². The maximum Gasteiger partial charge on any atom is 0.268 e. The molecule has 0 bridgehead atoms. The molecule has 88 valence electrons. The predicted octanol–water partition coefficient (Wildman–Crippen LogP) is 2.94. The van der Waals surface area contributed by atoms with E-state index in [1.165, 1.54) is 11.3 Å². The van der Waals surface area contributed by atoms with Crippen molar-refractivity contribution in [3.63, 3.8) is 0 Å². The highest BCUT2D eigenvalue weighted by Gasteiger charge is 2.15. The van der Waals surface area contributed by atoms with Gasteiger partial charge >= 0.3 is 0 Å². The van der Waals surface area contributed by atoms with Gasteiger partial charge in [0.15, 0.2) is 5.82 Å². The van der Waals surface area contributed by atoms with Gasteiger partial charge in [0.25, 0.3) is 5.91 Å². The minimum Gasteiger partial charge on any atom is -0.396 e. The smallest absolute Gasteiger partial charge is 0.268 e. The molecule has 0 aliphatic carbocycles. The highest BCUT2D eigenvalue weighted by Crippen LogP contribution is 2.28. The molecule has 0 saturated heterocycles. The first-order chi connectivity index (χ1) is 8.09. The molecule has 0 aliphatic rings. The standard InChI is InChI=1S/C11H10ClN3OS/c1-6-5-17-9(8(6)12)11(16)15-10-7(13)3-2-4-14-10/h2-5H,13H2,1H3,(H,14,15,16). The Morgan fingerprint density at radius 1 is 1.59 bits per heavy atom. The van der Waals surface area contributed by atoms with Gasteiger partial charge in [-0.1, -0.05) is 11.6 Å². The van der Waals surface area contributed by atoms with Gasteiger partial charge < -0.3 is 11.1 Å². The molecule has 2 aromatic rings. The summed E-state index contributed by atoms with van der Waals surface area (Å²) in [5.41, 5.74) is 6.99. The number of aromatic nitrogens is 1. The van der Waals surface area contributed by atoms with Crippen LogP contribution in [0.1, 0.15) is 15.2 Å². The molecular formula is C11H10ClN3OS. The third-order valence-electron chi connectivity index (χ3n) is 2.18. The fourth-order valence-corrected chi connectivity index (χ4v) is 2.44. The molecule has 2 rings (SSSR count). The Morgan fingerprint density at radius 2 is 2.35 bits per heavy atom. The zero-order valence-electron chi connectivity index (χ0n) is 9.03. The van der Waals surface area contributed by atoms with Crippen LogP contribution in [-0.4, -0.2) is 10.9 Å². The summed E-state index contributed by atoms with van der Waals surface area (Å²) in [5, 5.41) is 4.94. The maximum absolute atomic E-state index is 11.9. The van der Waals surface area contributed by atoms with E-state index in [-0.39, 0.29) is 5.91 Å². The number of carbonyl (C=O) groups excluding carboxylic acids is 1. The van der Waals surface area contributed by atoms with Crippen molar-refractivity contribution < 1.29 is 4.79 Å². The molecule has 0 radical (unpaired) electrons. The van der Waals surface area contributed by atoms with Crippen LogP contribution >= 0.6 is 22.9 Å². The van der Waals surface area contributed by atoms with E-state index in [4.69, 9.17) is 17.3 Å². The molecule has 0 unspecified atom stereocenters. The summed E-state index contributed by atoms with van der Waals surface area (Å²) in [7, 11) is 0. The number of aryl methyl sites for hydroxylation is 1. The van der Waals surface area contributed by atoms with E-state index < -0.39 is 0 Å². The van der Waals surface area contributed by atoms with Gasteiger partial charge in [-0.2, -0.15) is 0 Å². The van der Waals surface area contributed by atoms with Crippen LogP contribution in [0.5, 0.6) is 0 Å². The van der Waals surface area contributed by atoms with Crippen LogP contribution in [0.25, 0.3) is 0 Å². The largest absolute Gasteiger partial charge is 0.396 e. The van der Waals surface area contributed by atoms with Crippen molar-refractivity contribution in [2.24, 2.45) is 0 Å². The third kappa shape index (κ3) is 2.40. The fraction of sp³-hybridized carbons (Fsp3) is 0.0909. The normalized spacial score (nSPS) is 10.2. The molecule has 0 fully saturated rings. The molecule has 0 aliphatic heterocycles. The molecule has 2 heterocycles. The average molecular weight is 268 g/mol. The van der Waals surface area contributed by atoms with Gasteiger partial charge in [0.1, 0.15) is 4.88 Å². The Balaban J connectivity index is 2.23. The lowest BCUT2D eigenvalue weighted by Gasteiger charge is -2.05. The Hall–Kier alpha value is -1.59. The Kier molecular flexibility index (Phi) is 3.31. The first kappa shape index (κ1) is 11.9. The number of thiophene rings is 1. The van der Waals surface area contributed by atoms with Crippen molar-refractivity contribution in [3.8, 4) is 0 Å². The number of pyridine rings is 1. The quantitative estimate of drug-likeness (QED) is 0.879. The number of nitrogens with zero attached hydrogens (tertiary/aromatic N) is 1. The number of carbonyl (C=O) groups is 1. The summed E-state index contributed by atoms with van der Waals surface area (Å²) in [4.78, 5) is 16.4. The van der Waals surface area contributed by atoms with Gasteiger partial charge in [-0.25, -0.2) is 4.98 Å². The van der Waals surface area contributed by atoms with Crippen LogP contribution < -0.4 is 11.1 Å². The highest BCUT2D eigenvalue weighted by molar-refractivity contribution is 7.13. The van der Waals surface area contributed by atoms with Crippen molar-refractivity contribution in [3.05, 3.63) is 39.2 Å². The van der Waals surface area contributed by atoms with Crippen LogP contribution in [0.15, 0.2) is 23.7 Å². The summed E-state index contributed by atoms with van der Waals surface area (Å²) in [6, 6.07) is 3.37. The highest BCUT2D eigenvalue weighted by atomic mass is 35.5. The number of nitrogens with one attached hydrogen (secondary N) is 1. The lowest BCUT2D eigenvalue weighted by atomic mass is 10.3. The Bertz CT molecular complexity index is 568. The van der Waals surface area contributed by atoms with Crippen molar-refractivity contribution in [1.29, 1.82) is 0 Å². The lowest BCUT2D eigenvalue weighted by molar-refractivity contribution is 0.103. The summed E-state index contributed by atoms with van der Waals surface area (Å²) >= 11 is 7.30. The third-order valence-corrected chi connectivity index (χ3v) is 3.87. The number of halogens is 1. The zero-order valence-corrected chi connectivity index (χ0v) is 10.6. The Morgan fingerprint density at radius 3 is 2.94 bits per heavy atom. The second kappa shape index (κ2) is 4.73. The lowest BCUT2D eigenvalue weighted by Crippen LogP contribution is -2.13. The van der Waals surface area contributed by atoms with E-state index in [0.717, 1.165) is 5.56 Å². The predicted molar refractivity (Wildman–Crippen MR) is 70.7 cm³/mol. The average Bonchev–Trinajstić information content (AvgIpc) is 2.63. The summed E-state index contributed by atoms with van der Waals surface area (Å²) in [6.45, 7) is 1.85. The molecular weight excluding hydrogens is 258 g/mol. The molecule has 6 heteroatoms. The number of hydrogen-bond acceptors (Lipinski definition) is 4. The van der Waals surface area contributed by atoms with Gasteiger partial charge in [0.2, 0.25) is 0 Å². The molecule has 2 aromatic heterocycles. The number of nitrogens with two attached hydrogens (primary N) is 1. The van der Waals surface area contributed by atoms with Gasteiger partial charge in [-0.3, -0.25) is 4.79 Å². The van der Waals surface area contributed by atoms with Gasteiger partial charge in [-0.05, 0) is 30.0 Å². The molecule has 0 saturated carbocycles. The Labute approximate surface area is 107 Å². The van der Waals surface area contributed by atoms with Crippen LogP contribution in [0.4, 0.5) is 11.5 Å². The van der Waals surface area contributed by atoms with Crippen LogP contribution in [-0.2, 0) is 0 Å². The molecule has 0 aromatic carbocycles. The van der Waals surface area contributed by atoms with Gasteiger partial charge in [0, 0.05) is 6.20 Å². The molecule has 0 spiro atoms. The minimum absolute atomic E-state index is 0.293. The van der Waals surface area contributed by atoms with Crippen LogP contribution in [0.3, 0.4) is 0 Å². The maximum atomic E-state index is 11.9. The second-order valence-electron chi connectivity index (χ2n) is 3.46. The molecule has 0 atom stereocenters. The number of hydrogen-bond donors (Lipinski definition) is 2. The second-order valence-corrected chi connectivity index (χ2v) is 4.71. The SMILES string of the molecule is Cc1csc(C(=O)Nc2ncccc2N)c1Cl. The monoisotopic (exact) mass is 267 g/mol. The minimum atomic E-state index is -0.293. The van der Waals surface area contributed by atoms with E-state index >= 15 is 0 Å². The van der Waals surface area contributed by atoms with Crippen molar-refractivity contribution in [2.45, 2.75) is 6.92 Å². The molecule has 3 N–H and O–H groups in total. The number of anilines is 2. The summed E-state index contributed by atoms with van der Waals surface area (Å²) in [5.74, 6) is 0.0538. The van der Waals surface area contributed by atoms with E-state index in [0.29, 0.717) is 21.4 Å². The van der Waals surface area contributed by atoms with Crippen molar-refractivity contribution in [2.75, 3.05) is 11.1 Å². The van der Waals surface area contributed by atoms with E-state index in [1.54, 1.807) is 18.3 Å². The first-order valence-corrected chi connectivity index (χ1v) is 6.11. The topological polar surface area (TPSA) is 68.0 Å². The number of nitrogen functional groups attached to an aromatic ring is 1. The summed E-state index contributed by atoms with van der Waals surface area (Å²) in [6.07, 6.45) is 1.56. The van der Waals surface area contributed by atoms with Crippen LogP contribution in [0.2, 0.25) is 5.02 Å². The number of rotatable bonds is 2. The van der Waals surface area contributed by atoms with Crippen LogP contribution in [0, 0.1) is 6.92 Å². The number of amides is 1. The van der Waals surface area contributed by atoms with Crippen molar-refractivity contribution in [1.82, 2.24) is 4.98 Å². The fourth-order valence-electron chi connectivity index (χ4n) is 1.27. The molecule has 4 nitrogen and oxygen atoms in total. The molecule has 17 heavy (non-hydrogen) atoms. The zero-order chi connectivity index (χ0) is 12.4. The van der Waals surface area contributed by atoms with E-state index in [9.17, 15) is 4.79 Å². The van der Waals surface area contributed by atoms with Gasteiger partial charge in [0.05, 0.1) is 10.7 Å². The van der Waals surface area contributed by atoms with E-state index in [1.807, 2.05) is 12.3 Å².